The van der Waals surface area contributed by atoms with E-state index < -0.39 is 10.9 Å². The maximum atomic E-state index is 12.3. The Morgan fingerprint density at radius 3 is 2.68 bits per heavy atom. The zero-order valence-electron chi connectivity index (χ0n) is 16.7. The summed E-state index contributed by atoms with van der Waals surface area (Å²) < 4.78 is 17.6. The minimum Gasteiger partial charge on any atom is -0.490 e. The van der Waals surface area contributed by atoms with Crippen molar-refractivity contribution in [3.63, 3.8) is 0 Å². The van der Waals surface area contributed by atoms with E-state index in [0.29, 0.717) is 30.3 Å². The molecule has 2 aromatic carbocycles. The highest BCUT2D eigenvalue weighted by atomic mass is 127. The van der Waals surface area contributed by atoms with Crippen LogP contribution in [0.4, 0.5) is 5.69 Å². The quantitative estimate of drug-likeness (QED) is 0.142. The molecule has 0 saturated heterocycles. The lowest BCUT2D eigenvalue weighted by Crippen LogP contribution is -2.06. The molecule has 0 radical (unpaired) electrons. The smallest absolute Gasteiger partial charge is 0.363 e. The fraction of sp³-hybridized carbons (Fsp3) is 0.238. The molecule has 8 nitrogen and oxygen atoms in total. The zero-order chi connectivity index (χ0) is 22.5. The zero-order valence-corrected chi connectivity index (χ0v) is 19.6. The predicted molar refractivity (Wildman–Crippen MR) is 125 cm³/mol. The molecule has 1 aliphatic rings. The number of esters is 1. The molecular formula is C21H18ClIN2O6. The average Bonchev–Trinajstić information content (AvgIpc) is 3.07. The first kappa shape index (κ1) is 23.0. The topological polar surface area (TPSA) is 100 Å². The van der Waals surface area contributed by atoms with Gasteiger partial charge in [0.15, 0.2) is 17.2 Å². The molecule has 0 aromatic heterocycles. The van der Waals surface area contributed by atoms with Crippen molar-refractivity contribution in [1.82, 2.24) is 0 Å². The normalized spacial score (nSPS) is 14.4. The maximum absolute atomic E-state index is 12.3. The van der Waals surface area contributed by atoms with Crippen molar-refractivity contribution in [2.75, 3.05) is 13.2 Å². The van der Waals surface area contributed by atoms with Crippen molar-refractivity contribution in [1.29, 1.82) is 0 Å². The van der Waals surface area contributed by atoms with Gasteiger partial charge in [0, 0.05) is 12.1 Å². The fourth-order valence-corrected chi connectivity index (χ4v) is 3.79. The van der Waals surface area contributed by atoms with Crippen LogP contribution in [0.25, 0.3) is 6.08 Å². The van der Waals surface area contributed by atoms with E-state index >= 15 is 0 Å². The van der Waals surface area contributed by atoms with Crippen molar-refractivity contribution in [3.8, 4) is 11.5 Å². The molecule has 31 heavy (non-hydrogen) atoms. The van der Waals surface area contributed by atoms with Gasteiger partial charge < -0.3 is 14.2 Å². The first-order valence-corrected chi connectivity index (χ1v) is 10.9. The number of carbonyl (C=O) groups is 1. The number of halogens is 2. The van der Waals surface area contributed by atoms with E-state index in [0.717, 1.165) is 9.99 Å². The van der Waals surface area contributed by atoms with Crippen LogP contribution in [-0.4, -0.2) is 30.0 Å². The Morgan fingerprint density at radius 1 is 1.26 bits per heavy atom. The van der Waals surface area contributed by atoms with Crippen LogP contribution < -0.4 is 9.47 Å². The number of rotatable bonds is 8. The summed E-state index contributed by atoms with van der Waals surface area (Å²) in [6.07, 6.45) is 2.44. The second-order valence-corrected chi connectivity index (χ2v) is 7.94. The molecule has 0 saturated carbocycles. The molecule has 0 spiro atoms. The van der Waals surface area contributed by atoms with Gasteiger partial charge in [0.2, 0.25) is 5.90 Å². The van der Waals surface area contributed by atoms with Crippen molar-refractivity contribution in [2.24, 2.45) is 4.99 Å². The average molecular weight is 557 g/mol. The third kappa shape index (κ3) is 5.34. The lowest BCUT2D eigenvalue weighted by molar-refractivity contribution is -0.384. The van der Waals surface area contributed by atoms with Gasteiger partial charge in [-0.3, -0.25) is 10.1 Å². The van der Waals surface area contributed by atoms with E-state index in [9.17, 15) is 14.9 Å². The number of cyclic esters (lactones) is 1. The van der Waals surface area contributed by atoms with Crippen LogP contribution in [-0.2, 0) is 9.53 Å². The molecular weight excluding hydrogens is 539 g/mol. The second-order valence-electron chi connectivity index (χ2n) is 6.37. The fourth-order valence-electron chi connectivity index (χ4n) is 2.75. The van der Waals surface area contributed by atoms with Gasteiger partial charge >= 0.3 is 5.97 Å². The van der Waals surface area contributed by atoms with Gasteiger partial charge in [-0.2, -0.15) is 0 Å². The van der Waals surface area contributed by atoms with Crippen molar-refractivity contribution >= 4 is 57.8 Å². The first-order valence-electron chi connectivity index (χ1n) is 9.40. The summed E-state index contributed by atoms with van der Waals surface area (Å²) in [5, 5.41) is 10.9. The summed E-state index contributed by atoms with van der Waals surface area (Å²) in [6, 6.07) is 7.46. The highest BCUT2D eigenvalue weighted by Crippen LogP contribution is 2.35. The number of benzene rings is 2. The number of nitro benzene ring substituents is 1. The van der Waals surface area contributed by atoms with Gasteiger partial charge in [-0.1, -0.05) is 18.5 Å². The Bertz CT molecular complexity index is 1100. The van der Waals surface area contributed by atoms with Crippen molar-refractivity contribution < 1.29 is 23.9 Å². The van der Waals surface area contributed by atoms with Crippen LogP contribution in [0.2, 0.25) is 5.02 Å². The summed E-state index contributed by atoms with van der Waals surface area (Å²) in [6.45, 7) is 4.92. The van der Waals surface area contributed by atoms with E-state index in [4.69, 9.17) is 25.8 Å². The minimum atomic E-state index is -0.649. The Balaban J connectivity index is 1.95. The summed E-state index contributed by atoms with van der Waals surface area (Å²) in [4.78, 5) is 26.9. The molecule has 1 aliphatic heterocycles. The summed E-state index contributed by atoms with van der Waals surface area (Å²) >= 11 is 8.27. The van der Waals surface area contributed by atoms with Crippen molar-refractivity contribution in [2.45, 2.75) is 20.3 Å². The molecule has 2 aromatic rings. The Morgan fingerprint density at radius 2 is 2.03 bits per heavy atom. The van der Waals surface area contributed by atoms with Crippen LogP contribution in [0.15, 0.2) is 41.0 Å². The molecule has 0 fully saturated rings. The van der Waals surface area contributed by atoms with Gasteiger partial charge in [-0.15, -0.1) is 0 Å². The molecule has 0 bridgehead atoms. The third-order valence-corrected chi connectivity index (χ3v) is 5.21. The largest absolute Gasteiger partial charge is 0.490 e. The first-order chi connectivity index (χ1) is 14.8. The standard InChI is InChI=1S/C21H18ClIN2O6/c1-3-7-30-19-16(23)8-12(10-18(19)29-4-2)9-17-21(26)31-20(24-17)14-6-5-13(25(27)28)11-15(14)22/h5-6,8-11H,3-4,7H2,1-2H3/b17-9-. The van der Waals surface area contributed by atoms with E-state index in [1.165, 1.54) is 18.2 Å². The number of aliphatic imine (C=N–C) groups is 1. The summed E-state index contributed by atoms with van der Waals surface area (Å²) in [5.74, 6) is 0.563. The molecule has 1 heterocycles. The lowest BCUT2D eigenvalue weighted by atomic mass is 10.1. The second kappa shape index (κ2) is 10.1. The van der Waals surface area contributed by atoms with E-state index in [-0.39, 0.29) is 27.9 Å². The molecule has 0 unspecified atom stereocenters. The van der Waals surface area contributed by atoms with Crippen LogP contribution in [0, 0.1) is 13.7 Å². The molecule has 162 valence electrons. The highest BCUT2D eigenvalue weighted by Gasteiger charge is 2.27. The number of non-ortho nitro benzene ring substituents is 1. The van der Waals surface area contributed by atoms with Crippen LogP contribution in [0.5, 0.6) is 11.5 Å². The number of hydrogen-bond acceptors (Lipinski definition) is 7. The molecule has 10 heteroatoms. The van der Waals surface area contributed by atoms with Gasteiger partial charge in [-0.25, -0.2) is 9.79 Å². The summed E-state index contributed by atoms with van der Waals surface area (Å²) in [7, 11) is 0. The predicted octanol–water partition coefficient (Wildman–Crippen LogP) is 5.38. The van der Waals surface area contributed by atoms with Crippen LogP contribution in [0.1, 0.15) is 31.4 Å². The number of nitrogens with zero attached hydrogens (tertiary/aromatic N) is 2. The monoisotopic (exact) mass is 556 g/mol. The van der Waals surface area contributed by atoms with E-state index in [2.05, 4.69) is 27.6 Å². The Hall–Kier alpha value is -2.66. The van der Waals surface area contributed by atoms with Gasteiger partial charge in [0.1, 0.15) is 0 Å². The third-order valence-electron chi connectivity index (χ3n) is 4.10. The Labute approximate surface area is 197 Å². The van der Waals surface area contributed by atoms with E-state index in [1.54, 1.807) is 12.1 Å². The van der Waals surface area contributed by atoms with Crippen LogP contribution >= 0.6 is 34.2 Å². The number of carbonyl (C=O) groups excluding carboxylic acids is 1. The molecule has 0 N–H and O–H groups in total. The Kier molecular flexibility index (Phi) is 7.50. The SMILES string of the molecule is CCCOc1c(I)cc(/C=C2\N=C(c3ccc([N+](=O)[O-])cc3Cl)OC2=O)cc1OCC. The summed E-state index contributed by atoms with van der Waals surface area (Å²) in [5.41, 5.74) is 0.878. The molecule has 0 amide bonds. The van der Waals surface area contributed by atoms with Crippen molar-refractivity contribution in [3.05, 3.63) is 65.9 Å². The van der Waals surface area contributed by atoms with E-state index in [1.807, 2.05) is 19.9 Å². The minimum absolute atomic E-state index is 0.0150. The lowest BCUT2D eigenvalue weighted by Gasteiger charge is -2.14. The van der Waals surface area contributed by atoms with Crippen LogP contribution in [0.3, 0.4) is 0 Å². The van der Waals surface area contributed by atoms with Gasteiger partial charge in [-0.05, 0) is 65.8 Å². The highest BCUT2D eigenvalue weighted by molar-refractivity contribution is 14.1. The van der Waals surface area contributed by atoms with Gasteiger partial charge in [0.05, 0.1) is 32.3 Å². The number of hydrogen-bond donors (Lipinski definition) is 0. The molecule has 0 atom stereocenters. The maximum Gasteiger partial charge on any atom is 0.363 e. The number of nitro groups is 1. The van der Waals surface area contributed by atoms with Gasteiger partial charge in [0.25, 0.3) is 5.69 Å². The molecule has 0 aliphatic carbocycles. The number of ether oxygens (including phenoxy) is 3. The molecule has 3 rings (SSSR count).